The van der Waals surface area contributed by atoms with Gasteiger partial charge in [0.05, 0.1) is 52.0 Å². The second kappa shape index (κ2) is 9.55. The Morgan fingerprint density at radius 2 is 2.16 bits per heavy atom. The van der Waals surface area contributed by atoms with Crippen LogP contribution in [-0.4, -0.2) is 51.3 Å². The van der Waals surface area contributed by atoms with Crippen LogP contribution in [0.4, 0.5) is 15.3 Å². The first kappa shape index (κ1) is 25.2. The number of pyridine rings is 1. The minimum absolute atomic E-state index is 0.104. The van der Waals surface area contributed by atoms with E-state index in [4.69, 9.17) is 27.1 Å². The van der Waals surface area contributed by atoms with Crippen LogP contribution in [0.1, 0.15) is 37.0 Å². The number of nitrogen functional groups attached to an aromatic ring is 1. The monoisotopic (exact) mass is 553 g/mol. The number of aliphatic hydroxyl groups excluding tert-OH is 1. The molecule has 0 bridgehead atoms. The number of halogens is 2. The molecule has 0 spiro atoms. The first-order valence-corrected chi connectivity index (χ1v) is 13.5. The third kappa shape index (κ3) is 3.87. The topological polar surface area (TPSA) is 133 Å². The Hall–Kier alpha value is -3.14. The van der Waals surface area contributed by atoms with Gasteiger partial charge in [0.1, 0.15) is 11.1 Å². The van der Waals surface area contributed by atoms with Crippen molar-refractivity contribution in [3.63, 3.8) is 0 Å². The van der Waals surface area contributed by atoms with E-state index in [9.17, 15) is 14.8 Å². The molecule has 9 nitrogen and oxygen atoms in total. The van der Waals surface area contributed by atoms with Crippen LogP contribution in [0.25, 0.3) is 32.2 Å². The highest BCUT2D eigenvalue weighted by molar-refractivity contribution is 7.23. The van der Waals surface area contributed by atoms with E-state index >= 15 is 0 Å². The smallest absolute Gasteiger partial charge is 0.226 e. The van der Waals surface area contributed by atoms with Gasteiger partial charge in [-0.05, 0) is 31.4 Å². The number of ether oxygens (including phenoxy) is 1. The maximum Gasteiger partial charge on any atom is 0.226 e. The predicted molar refractivity (Wildman–Crippen MR) is 146 cm³/mol. The molecule has 1 aromatic carbocycles. The molecule has 2 aliphatic heterocycles. The van der Waals surface area contributed by atoms with Gasteiger partial charge in [-0.3, -0.25) is 4.98 Å². The number of nitrogens with zero attached hydrogens (tertiary/aromatic N) is 5. The van der Waals surface area contributed by atoms with E-state index in [1.165, 1.54) is 0 Å². The summed E-state index contributed by atoms with van der Waals surface area (Å²) in [4.78, 5) is 16.1. The molecule has 4 aromatic rings. The molecule has 5 heterocycles. The second-order valence-corrected chi connectivity index (χ2v) is 11.2. The fourth-order valence-electron chi connectivity index (χ4n) is 5.49. The lowest BCUT2D eigenvalue weighted by molar-refractivity contribution is 0.135. The quantitative estimate of drug-likeness (QED) is 0.333. The number of anilines is 2. The van der Waals surface area contributed by atoms with Gasteiger partial charge in [0.25, 0.3) is 0 Å². The van der Waals surface area contributed by atoms with Gasteiger partial charge in [-0.25, -0.2) is 14.4 Å². The van der Waals surface area contributed by atoms with E-state index in [-0.39, 0.29) is 27.3 Å². The third-order valence-corrected chi connectivity index (χ3v) is 8.81. The van der Waals surface area contributed by atoms with Crippen molar-refractivity contribution in [2.24, 2.45) is 0 Å². The number of rotatable bonds is 5. The lowest BCUT2D eigenvalue weighted by Crippen LogP contribution is -2.43. The van der Waals surface area contributed by atoms with Gasteiger partial charge in [-0.1, -0.05) is 11.6 Å². The summed E-state index contributed by atoms with van der Waals surface area (Å²) in [5.74, 6) is 0.00547. The van der Waals surface area contributed by atoms with E-state index < -0.39 is 11.9 Å². The van der Waals surface area contributed by atoms with Crippen LogP contribution in [0.15, 0.2) is 12.4 Å². The number of benzene rings is 1. The Labute approximate surface area is 227 Å². The first-order valence-electron chi connectivity index (χ1n) is 12.3. The van der Waals surface area contributed by atoms with Crippen LogP contribution in [0.2, 0.25) is 5.02 Å². The number of hydrogen-bond donors (Lipinski definition) is 3. The summed E-state index contributed by atoms with van der Waals surface area (Å²) in [7, 11) is 0. The fourth-order valence-corrected chi connectivity index (χ4v) is 6.76. The van der Waals surface area contributed by atoms with Gasteiger partial charge in [-0.2, -0.15) is 5.26 Å². The maximum atomic E-state index is 14.7. The first-order chi connectivity index (χ1) is 18.3. The maximum absolute atomic E-state index is 14.7. The zero-order chi connectivity index (χ0) is 26.7. The molecule has 0 amide bonds. The molecule has 1 fully saturated rings. The fraction of sp³-hybridized carbons (Fsp3) is 0.385. The van der Waals surface area contributed by atoms with E-state index in [1.54, 1.807) is 13.1 Å². The average Bonchev–Trinajstić information content (AvgIpc) is 3.61. The highest BCUT2D eigenvalue weighted by Crippen LogP contribution is 2.47. The van der Waals surface area contributed by atoms with Gasteiger partial charge in [0.2, 0.25) is 5.95 Å². The Balaban J connectivity index is 1.52. The molecular formula is C26H25ClFN7O2S. The van der Waals surface area contributed by atoms with Crippen LogP contribution in [0, 0.1) is 17.1 Å². The van der Waals surface area contributed by atoms with E-state index in [1.807, 2.05) is 0 Å². The van der Waals surface area contributed by atoms with Gasteiger partial charge in [0.15, 0.2) is 5.82 Å². The van der Waals surface area contributed by atoms with Gasteiger partial charge in [-0.15, -0.1) is 11.3 Å². The molecule has 3 aromatic heterocycles. The number of fused-ring (bicyclic) bond motifs is 4. The molecule has 1 saturated heterocycles. The van der Waals surface area contributed by atoms with Crippen molar-refractivity contribution in [3.05, 3.63) is 39.9 Å². The summed E-state index contributed by atoms with van der Waals surface area (Å²) >= 11 is 8.10. The van der Waals surface area contributed by atoms with Crippen LogP contribution in [0.3, 0.4) is 0 Å². The number of nitrogens with two attached hydrogens (primary N) is 1. The Morgan fingerprint density at radius 3 is 2.92 bits per heavy atom. The zero-order valence-corrected chi connectivity index (χ0v) is 22.3. The van der Waals surface area contributed by atoms with E-state index in [0.29, 0.717) is 52.9 Å². The van der Waals surface area contributed by atoms with E-state index in [2.05, 4.69) is 33.2 Å². The van der Waals surface area contributed by atoms with Crippen molar-refractivity contribution in [1.82, 2.24) is 20.3 Å². The predicted octanol–water partition coefficient (Wildman–Crippen LogP) is 4.12. The molecule has 0 saturated carbocycles. The molecule has 3 atom stereocenters. The van der Waals surface area contributed by atoms with Crippen molar-refractivity contribution in [3.8, 4) is 17.3 Å². The molecule has 38 heavy (non-hydrogen) atoms. The minimum atomic E-state index is -0.543. The molecule has 2 aliphatic rings. The Morgan fingerprint density at radius 1 is 1.37 bits per heavy atom. The zero-order valence-electron chi connectivity index (χ0n) is 20.8. The van der Waals surface area contributed by atoms with Gasteiger partial charge >= 0.3 is 0 Å². The number of thiophene rings is 1. The summed E-state index contributed by atoms with van der Waals surface area (Å²) in [6, 6.07) is 2.40. The Kier molecular flexibility index (Phi) is 6.32. The summed E-state index contributed by atoms with van der Waals surface area (Å²) in [6.07, 6.45) is 3.37. The third-order valence-electron chi connectivity index (χ3n) is 7.42. The second-order valence-electron chi connectivity index (χ2n) is 9.77. The molecule has 0 aliphatic carbocycles. The molecule has 12 heteroatoms. The van der Waals surface area contributed by atoms with Crippen LogP contribution < -0.4 is 16.0 Å². The molecule has 0 unspecified atom stereocenters. The van der Waals surface area contributed by atoms with Crippen molar-refractivity contribution >= 4 is 54.9 Å². The molecule has 4 N–H and O–H groups in total. The average molecular weight is 554 g/mol. The van der Waals surface area contributed by atoms with Crippen LogP contribution >= 0.6 is 22.9 Å². The van der Waals surface area contributed by atoms with Crippen molar-refractivity contribution in [2.75, 3.05) is 23.7 Å². The summed E-state index contributed by atoms with van der Waals surface area (Å²) in [6.45, 7) is 5.78. The van der Waals surface area contributed by atoms with Crippen molar-refractivity contribution in [1.29, 1.82) is 5.26 Å². The molecular weight excluding hydrogens is 529 g/mol. The van der Waals surface area contributed by atoms with Gasteiger partial charge in [0, 0.05) is 47.7 Å². The summed E-state index contributed by atoms with van der Waals surface area (Å²) < 4.78 is 20.8. The van der Waals surface area contributed by atoms with Crippen molar-refractivity contribution < 1.29 is 14.2 Å². The van der Waals surface area contributed by atoms with Crippen molar-refractivity contribution in [2.45, 2.75) is 51.7 Å². The molecule has 0 radical (unpaired) electrons. The lowest BCUT2D eigenvalue weighted by Gasteiger charge is -2.26. The van der Waals surface area contributed by atoms with Gasteiger partial charge < -0.3 is 25.8 Å². The number of nitriles is 1. The SMILES string of the molecule is C[C@H](O)CN[C@H]1CCN(c2ncc3c4c(c(-c5ncc(F)c6sc(N)c(C#N)c56)c(Cl)c3n2)COC4)[C@H]1C. The lowest BCUT2D eigenvalue weighted by atomic mass is 9.94. The number of aromatic nitrogens is 3. The summed E-state index contributed by atoms with van der Waals surface area (Å²) in [5.41, 5.74) is 9.48. The standard InChI is InChI=1S/C26H25ClFN7O2S/c1-11(36)6-31-18-3-4-35(12(18)2)26-33-7-14-15-9-37-10-16(15)19(21(27)22(14)34-26)23-20-13(5-29)25(30)38-24(20)17(28)8-32-23/h7-8,11-12,18,31,36H,3-4,6,9-10,30H2,1-2H3/t11-,12-,18-/m0/s1. The highest BCUT2D eigenvalue weighted by Gasteiger charge is 2.34. The largest absolute Gasteiger partial charge is 0.392 e. The molecule has 196 valence electrons. The number of aliphatic hydroxyl groups is 1. The van der Waals surface area contributed by atoms with Crippen LogP contribution in [-0.2, 0) is 18.0 Å². The number of nitrogens with one attached hydrogen (secondary N) is 1. The summed E-state index contributed by atoms with van der Waals surface area (Å²) in [5, 5.41) is 24.6. The number of hydrogen-bond acceptors (Lipinski definition) is 10. The Bertz CT molecular complexity index is 1640. The van der Waals surface area contributed by atoms with Crippen LogP contribution in [0.5, 0.6) is 0 Å². The normalized spacial score (nSPS) is 19.8. The highest BCUT2D eigenvalue weighted by atomic mass is 35.5. The molecule has 6 rings (SSSR count). The minimum Gasteiger partial charge on any atom is -0.392 e. The van der Waals surface area contributed by atoms with E-state index in [0.717, 1.165) is 47.0 Å².